The van der Waals surface area contributed by atoms with Crippen molar-refractivity contribution in [3.63, 3.8) is 0 Å². The van der Waals surface area contributed by atoms with Crippen LogP contribution in [0.2, 0.25) is 0 Å². The van der Waals surface area contributed by atoms with Crippen molar-refractivity contribution >= 4 is 6.09 Å². The summed E-state index contributed by atoms with van der Waals surface area (Å²) < 4.78 is 12.4. The van der Waals surface area contributed by atoms with Gasteiger partial charge >= 0.3 is 11.8 Å². The van der Waals surface area contributed by atoms with E-state index in [0.29, 0.717) is 0 Å². The van der Waals surface area contributed by atoms with Crippen LogP contribution in [0.15, 0.2) is 70.4 Å². The molecule has 1 amide bonds. The average Bonchev–Trinajstić information content (AvgIpc) is 3.34. The number of alkyl carbamates (subject to hydrolysis) is 1. The van der Waals surface area contributed by atoms with Gasteiger partial charge in [-0.2, -0.15) is 0 Å². The molecule has 1 saturated heterocycles. The number of fused-ring (bicyclic) bond motifs is 3. The lowest BCUT2D eigenvalue weighted by molar-refractivity contribution is -0.0191. The minimum Gasteiger partial charge on any atom is -0.449 e. The number of nitrogens with one attached hydrogen (secondary N) is 2. The van der Waals surface area contributed by atoms with Crippen LogP contribution in [0, 0.1) is 0 Å². The molecule has 2 aromatic carbocycles. The van der Waals surface area contributed by atoms with Gasteiger partial charge in [-0.15, -0.1) is 0 Å². The maximum Gasteiger partial charge on any atom is 0.407 e. The van der Waals surface area contributed by atoms with E-state index < -0.39 is 35.8 Å². The van der Waals surface area contributed by atoms with Gasteiger partial charge in [0, 0.05) is 31.1 Å². The van der Waals surface area contributed by atoms with Crippen LogP contribution in [0.4, 0.5) is 4.79 Å². The van der Waals surface area contributed by atoms with Crippen molar-refractivity contribution in [2.45, 2.75) is 30.8 Å². The zero-order chi connectivity index (χ0) is 22.9. The fourth-order valence-electron chi connectivity index (χ4n) is 4.56. The highest BCUT2D eigenvalue weighted by atomic mass is 16.6. The maximum absolute atomic E-state index is 12.4. The Kier molecular flexibility index (Phi) is 5.57. The Morgan fingerprint density at radius 2 is 1.76 bits per heavy atom. The first-order valence-corrected chi connectivity index (χ1v) is 10.7. The monoisotopic (exact) mass is 449 g/mol. The van der Waals surface area contributed by atoms with Gasteiger partial charge in [0.05, 0.1) is 6.10 Å². The third kappa shape index (κ3) is 4.08. The van der Waals surface area contributed by atoms with Gasteiger partial charge in [0.2, 0.25) is 0 Å². The van der Waals surface area contributed by atoms with E-state index in [2.05, 4.69) is 22.4 Å². The van der Waals surface area contributed by atoms with Gasteiger partial charge in [-0.3, -0.25) is 14.3 Å². The fourth-order valence-corrected chi connectivity index (χ4v) is 4.56. The van der Waals surface area contributed by atoms with Crippen molar-refractivity contribution in [1.29, 1.82) is 0 Å². The molecule has 2 heterocycles. The summed E-state index contributed by atoms with van der Waals surface area (Å²) in [4.78, 5) is 37.7. The van der Waals surface area contributed by atoms with E-state index in [4.69, 9.17) is 9.47 Å². The summed E-state index contributed by atoms with van der Waals surface area (Å²) in [5.41, 5.74) is 3.40. The van der Waals surface area contributed by atoms with Crippen LogP contribution in [-0.2, 0) is 9.47 Å². The number of aliphatic hydroxyl groups excluding tert-OH is 1. The van der Waals surface area contributed by atoms with Crippen LogP contribution in [0.3, 0.4) is 0 Å². The first-order chi connectivity index (χ1) is 16.0. The van der Waals surface area contributed by atoms with Crippen LogP contribution in [0.1, 0.15) is 29.7 Å². The van der Waals surface area contributed by atoms with Crippen molar-refractivity contribution in [2.75, 3.05) is 13.2 Å². The largest absolute Gasteiger partial charge is 0.449 e. The van der Waals surface area contributed by atoms with Gasteiger partial charge < -0.3 is 19.9 Å². The number of carbonyl (C=O) groups excluding carboxylic acids is 1. The zero-order valence-corrected chi connectivity index (χ0v) is 17.6. The lowest BCUT2D eigenvalue weighted by Gasteiger charge is -2.18. The third-order valence-electron chi connectivity index (χ3n) is 6.16. The number of aromatic amines is 1. The quantitative estimate of drug-likeness (QED) is 0.545. The lowest BCUT2D eigenvalue weighted by Crippen LogP contribution is -2.38. The number of benzene rings is 2. The number of rotatable bonds is 5. The second-order valence-electron chi connectivity index (χ2n) is 8.16. The number of aliphatic hydroxyl groups is 1. The Bertz CT molecular complexity index is 1250. The van der Waals surface area contributed by atoms with Gasteiger partial charge in [0.1, 0.15) is 18.9 Å². The fraction of sp³-hybridized carbons (Fsp3) is 0.292. The molecule has 3 N–H and O–H groups in total. The molecule has 0 bridgehead atoms. The molecule has 3 atom stereocenters. The first kappa shape index (κ1) is 21.2. The number of ether oxygens (including phenoxy) is 2. The van der Waals surface area contributed by atoms with Crippen LogP contribution in [0.25, 0.3) is 11.1 Å². The Morgan fingerprint density at radius 3 is 2.42 bits per heavy atom. The molecule has 1 aromatic heterocycles. The summed E-state index contributed by atoms with van der Waals surface area (Å²) in [6.45, 7) is 0.204. The summed E-state index contributed by atoms with van der Waals surface area (Å²) in [6, 6.07) is 17.4. The number of amides is 1. The molecule has 0 saturated carbocycles. The van der Waals surface area contributed by atoms with E-state index in [1.54, 1.807) is 0 Å². The Balaban J connectivity index is 1.18. The number of carbonyl (C=O) groups is 1. The van der Waals surface area contributed by atoms with E-state index >= 15 is 0 Å². The second-order valence-corrected chi connectivity index (χ2v) is 8.16. The highest BCUT2D eigenvalue weighted by molar-refractivity contribution is 5.79. The molecule has 1 aliphatic heterocycles. The zero-order valence-electron chi connectivity index (χ0n) is 17.6. The smallest absolute Gasteiger partial charge is 0.407 e. The van der Waals surface area contributed by atoms with Gasteiger partial charge in [0.15, 0.2) is 0 Å². The van der Waals surface area contributed by atoms with Crippen LogP contribution >= 0.6 is 0 Å². The molecular formula is C24H23N3O6. The number of nitrogens with zero attached hydrogens (tertiary/aromatic N) is 1. The molecule has 3 aromatic rings. The first-order valence-electron chi connectivity index (χ1n) is 10.7. The van der Waals surface area contributed by atoms with Gasteiger partial charge in [-0.1, -0.05) is 48.5 Å². The second kappa shape index (κ2) is 8.68. The summed E-state index contributed by atoms with van der Waals surface area (Å²) in [5.74, 6) is -0.0482. The molecule has 2 aliphatic rings. The van der Waals surface area contributed by atoms with Crippen molar-refractivity contribution < 1.29 is 19.4 Å². The van der Waals surface area contributed by atoms with E-state index in [9.17, 15) is 19.5 Å². The number of hydrogen-bond acceptors (Lipinski definition) is 6. The highest BCUT2D eigenvalue weighted by Crippen LogP contribution is 2.44. The Labute approximate surface area is 188 Å². The topological polar surface area (TPSA) is 123 Å². The molecule has 9 heteroatoms. The molecule has 9 nitrogen and oxygen atoms in total. The predicted molar refractivity (Wildman–Crippen MR) is 119 cm³/mol. The summed E-state index contributed by atoms with van der Waals surface area (Å²) >= 11 is 0. The molecule has 0 spiro atoms. The van der Waals surface area contributed by atoms with E-state index in [1.165, 1.54) is 16.8 Å². The number of hydrogen-bond donors (Lipinski definition) is 3. The van der Waals surface area contributed by atoms with E-state index in [-0.39, 0.29) is 25.5 Å². The SMILES string of the molecule is O=C(NC[C@H]1O[C@@H](n2ccc(=O)[nH]c2=O)C[C@@H]1O)OCC1c2ccccc2-c2ccccc21. The summed E-state index contributed by atoms with van der Waals surface area (Å²) in [6.07, 6.45) is -1.48. The summed E-state index contributed by atoms with van der Waals surface area (Å²) in [5, 5.41) is 12.9. The minimum atomic E-state index is -0.886. The van der Waals surface area contributed by atoms with Crippen molar-refractivity contribution in [2.24, 2.45) is 0 Å². The van der Waals surface area contributed by atoms with Crippen LogP contribution in [-0.4, -0.2) is 46.1 Å². The predicted octanol–water partition coefficient (Wildman–Crippen LogP) is 1.72. The maximum atomic E-state index is 12.4. The Hall–Kier alpha value is -3.69. The molecule has 33 heavy (non-hydrogen) atoms. The minimum absolute atomic E-state index is 0.0203. The number of aromatic nitrogens is 2. The van der Waals surface area contributed by atoms with Crippen LogP contribution < -0.4 is 16.6 Å². The lowest BCUT2D eigenvalue weighted by atomic mass is 9.98. The van der Waals surface area contributed by atoms with Crippen molar-refractivity contribution in [3.05, 3.63) is 92.8 Å². The van der Waals surface area contributed by atoms with E-state index in [1.807, 2.05) is 36.4 Å². The Morgan fingerprint density at radius 1 is 1.09 bits per heavy atom. The molecular weight excluding hydrogens is 426 g/mol. The molecule has 170 valence electrons. The van der Waals surface area contributed by atoms with Crippen molar-refractivity contribution in [1.82, 2.24) is 14.9 Å². The van der Waals surface area contributed by atoms with Crippen LogP contribution in [0.5, 0.6) is 0 Å². The van der Waals surface area contributed by atoms with E-state index in [0.717, 1.165) is 22.3 Å². The van der Waals surface area contributed by atoms with Gasteiger partial charge in [-0.25, -0.2) is 9.59 Å². The van der Waals surface area contributed by atoms with Gasteiger partial charge in [-0.05, 0) is 22.3 Å². The van der Waals surface area contributed by atoms with Gasteiger partial charge in [0.25, 0.3) is 5.56 Å². The molecule has 1 fully saturated rings. The molecule has 0 radical (unpaired) electrons. The molecule has 1 aliphatic carbocycles. The summed E-state index contributed by atoms with van der Waals surface area (Å²) in [7, 11) is 0. The average molecular weight is 449 g/mol. The highest BCUT2D eigenvalue weighted by Gasteiger charge is 2.36. The third-order valence-corrected chi connectivity index (χ3v) is 6.16. The molecule has 5 rings (SSSR count). The van der Waals surface area contributed by atoms with Crippen molar-refractivity contribution in [3.8, 4) is 11.1 Å². The molecule has 0 unspecified atom stereocenters. The number of H-pyrrole nitrogens is 1. The normalized spacial score (nSPS) is 21.4. The standard InChI is InChI=1S/C24H23N3O6/c28-19-11-22(27-10-9-21(29)26-23(27)30)33-20(19)12-25-24(31)32-13-18-16-7-3-1-5-14(16)15-6-2-4-8-17(15)18/h1-10,18-20,22,28H,11-13H2,(H,25,31)(H,26,29,30)/t19-,20+,22+/m0/s1.